The Balaban J connectivity index is 1.36. The molecule has 1 saturated heterocycles. The molecular formula is C30H39N5O2. The van der Waals surface area contributed by atoms with E-state index in [4.69, 9.17) is 10.00 Å². The van der Waals surface area contributed by atoms with Crippen LogP contribution in [0.15, 0.2) is 48.7 Å². The number of hydrogen-bond acceptors (Lipinski definition) is 7. The number of nitrogens with zero attached hydrogens (tertiary/aromatic N) is 3. The summed E-state index contributed by atoms with van der Waals surface area (Å²) >= 11 is 0. The van der Waals surface area contributed by atoms with Gasteiger partial charge in [-0.15, -0.1) is 0 Å². The standard InChI is InChI=1S/C30H39N5O2/c1-30(2,3)37-29(36)15-12-22-16-17-32-28(19-22)34-27-9-5-4-8-26(27)33-24-7-6-18-35(21-24)25-13-10-23(20-31)11-14-25/h10-17,19,24,26-27,33H,4-9,18,21H2,1-3H3,(H,32,34)/b15-12-/t24-,26+,27+/m0/s1. The Morgan fingerprint density at radius 2 is 1.86 bits per heavy atom. The van der Waals surface area contributed by atoms with Crippen molar-refractivity contribution in [1.29, 1.82) is 5.26 Å². The van der Waals surface area contributed by atoms with E-state index in [0.717, 1.165) is 43.7 Å². The van der Waals surface area contributed by atoms with E-state index in [9.17, 15) is 4.79 Å². The van der Waals surface area contributed by atoms with Crippen LogP contribution in [-0.4, -0.2) is 47.8 Å². The van der Waals surface area contributed by atoms with Crippen LogP contribution in [0.4, 0.5) is 11.5 Å². The van der Waals surface area contributed by atoms with E-state index in [1.807, 2.05) is 45.0 Å². The normalized spacial score (nSPS) is 22.4. The molecule has 3 atom stereocenters. The van der Waals surface area contributed by atoms with Crippen molar-refractivity contribution in [2.24, 2.45) is 0 Å². The van der Waals surface area contributed by atoms with Crippen LogP contribution < -0.4 is 15.5 Å². The molecular weight excluding hydrogens is 462 g/mol. The number of nitrogens with one attached hydrogen (secondary N) is 2. The molecule has 2 fully saturated rings. The van der Waals surface area contributed by atoms with Crippen LogP contribution in [0.2, 0.25) is 0 Å². The minimum absolute atomic E-state index is 0.302. The number of aromatic nitrogens is 1. The number of benzene rings is 1. The highest BCUT2D eigenvalue weighted by Gasteiger charge is 2.29. The quantitative estimate of drug-likeness (QED) is 0.393. The summed E-state index contributed by atoms with van der Waals surface area (Å²) in [7, 11) is 0. The molecule has 7 nitrogen and oxygen atoms in total. The van der Waals surface area contributed by atoms with Gasteiger partial charge in [-0.1, -0.05) is 12.8 Å². The number of ether oxygens (including phenoxy) is 1. The molecule has 0 spiro atoms. The van der Waals surface area contributed by atoms with Gasteiger partial charge < -0.3 is 20.3 Å². The Bertz CT molecular complexity index is 1120. The third-order valence-corrected chi connectivity index (χ3v) is 6.93. The number of anilines is 2. The highest BCUT2D eigenvalue weighted by molar-refractivity contribution is 5.87. The monoisotopic (exact) mass is 501 g/mol. The number of piperidine rings is 1. The average Bonchev–Trinajstić information content (AvgIpc) is 2.88. The van der Waals surface area contributed by atoms with Crippen molar-refractivity contribution in [3.05, 3.63) is 59.8 Å². The van der Waals surface area contributed by atoms with Gasteiger partial charge in [0.25, 0.3) is 0 Å². The summed E-state index contributed by atoms with van der Waals surface area (Å²) in [6.07, 6.45) is 12.0. The molecule has 0 radical (unpaired) electrons. The van der Waals surface area contributed by atoms with E-state index in [-0.39, 0.29) is 5.97 Å². The van der Waals surface area contributed by atoms with Crippen LogP contribution in [-0.2, 0) is 9.53 Å². The first kappa shape index (κ1) is 26.7. The number of rotatable bonds is 7. The van der Waals surface area contributed by atoms with Gasteiger partial charge >= 0.3 is 5.97 Å². The molecule has 0 bridgehead atoms. The molecule has 2 heterocycles. The largest absolute Gasteiger partial charge is 0.457 e. The van der Waals surface area contributed by atoms with E-state index < -0.39 is 5.60 Å². The van der Waals surface area contributed by atoms with E-state index in [0.29, 0.717) is 23.7 Å². The fourth-order valence-electron chi connectivity index (χ4n) is 5.22. The van der Waals surface area contributed by atoms with Gasteiger partial charge in [0.1, 0.15) is 11.4 Å². The molecule has 1 aliphatic heterocycles. The molecule has 1 aromatic carbocycles. The summed E-state index contributed by atoms with van der Waals surface area (Å²) in [5, 5.41) is 16.7. The Morgan fingerprint density at radius 3 is 2.59 bits per heavy atom. The van der Waals surface area contributed by atoms with E-state index in [1.54, 1.807) is 12.3 Å². The van der Waals surface area contributed by atoms with Gasteiger partial charge in [0.05, 0.1) is 11.6 Å². The zero-order valence-corrected chi connectivity index (χ0v) is 22.2. The van der Waals surface area contributed by atoms with Crippen LogP contribution in [0, 0.1) is 11.3 Å². The lowest BCUT2D eigenvalue weighted by molar-refractivity contribution is -0.148. The number of hydrogen-bond donors (Lipinski definition) is 2. The van der Waals surface area contributed by atoms with Gasteiger partial charge in [-0.25, -0.2) is 9.78 Å². The van der Waals surface area contributed by atoms with Crippen LogP contribution in [0.25, 0.3) is 6.08 Å². The second kappa shape index (κ2) is 12.2. The van der Waals surface area contributed by atoms with Gasteiger partial charge in [0, 0.05) is 49.2 Å². The number of esters is 1. The second-order valence-corrected chi connectivity index (χ2v) is 11.1. The summed E-state index contributed by atoms with van der Waals surface area (Å²) < 4.78 is 5.36. The van der Waals surface area contributed by atoms with Crippen LogP contribution in [0.5, 0.6) is 0 Å². The zero-order valence-electron chi connectivity index (χ0n) is 22.2. The smallest absolute Gasteiger partial charge is 0.331 e. The number of pyridine rings is 1. The van der Waals surface area contributed by atoms with Gasteiger partial charge in [-0.3, -0.25) is 0 Å². The van der Waals surface area contributed by atoms with E-state index in [1.165, 1.54) is 31.0 Å². The van der Waals surface area contributed by atoms with E-state index >= 15 is 0 Å². The zero-order chi connectivity index (χ0) is 26.3. The number of carbonyl (C=O) groups excluding carboxylic acids is 1. The fraction of sp³-hybridized carbons (Fsp3) is 0.500. The molecule has 2 N–H and O–H groups in total. The number of carbonyl (C=O) groups is 1. The van der Waals surface area contributed by atoms with Crippen molar-refractivity contribution in [3.63, 3.8) is 0 Å². The summed E-state index contributed by atoms with van der Waals surface area (Å²) in [5.74, 6) is 0.478. The van der Waals surface area contributed by atoms with Gasteiger partial charge in [0.15, 0.2) is 0 Å². The highest BCUT2D eigenvalue weighted by Crippen LogP contribution is 2.25. The minimum atomic E-state index is -0.507. The predicted molar refractivity (Wildman–Crippen MR) is 148 cm³/mol. The first-order valence-electron chi connectivity index (χ1n) is 13.4. The first-order valence-corrected chi connectivity index (χ1v) is 13.4. The van der Waals surface area contributed by atoms with Gasteiger partial charge in [0.2, 0.25) is 0 Å². The molecule has 1 saturated carbocycles. The Morgan fingerprint density at radius 1 is 1.11 bits per heavy atom. The SMILES string of the molecule is CC(C)(C)OC(=O)/C=C\c1ccnc(N[C@@H]2CCCC[C@H]2N[C@H]2CCCN(c3ccc(C#N)cc3)C2)c1. The summed E-state index contributed by atoms with van der Waals surface area (Å²) in [4.78, 5) is 19.0. The first-order chi connectivity index (χ1) is 17.8. The molecule has 0 amide bonds. The molecule has 2 aliphatic rings. The lowest BCUT2D eigenvalue weighted by atomic mass is 9.89. The lowest BCUT2D eigenvalue weighted by Gasteiger charge is -2.40. The maximum Gasteiger partial charge on any atom is 0.331 e. The Hall–Kier alpha value is -3.37. The maximum atomic E-state index is 12.0. The number of nitriles is 1. The molecule has 7 heteroatoms. The molecule has 0 unspecified atom stereocenters. The molecule has 2 aromatic rings. The maximum absolute atomic E-state index is 12.0. The van der Waals surface area contributed by atoms with Crippen LogP contribution in [0.1, 0.15) is 70.4 Å². The Labute approximate surface area is 220 Å². The summed E-state index contributed by atoms with van der Waals surface area (Å²) in [6, 6.07) is 15.1. The third kappa shape index (κ3) is 8.06. The average molecular weight is 502 g/mol. The lowest BCUT2D eigenvalue weighted by Crippen LogP contribution is -2.55. The molecule has 37 heavy (non-hydrogen) atoms. The molecule has 1 aromatic heterocycles. The minimum Gasteiger partial charge on any atom is -0.457 e. The fourth-order valence-corrected chi connectivity index (χ4v) is 5.22. The summed E-state index contributed by atoms with van der Waals surface area (Å²) in [6.45, 7) is 7.60. The van der Waals surface area contributed by atoms with Crippen molar-refractivity contribution in [3.8, 4) is 6.07 Å². The van der Waals surface area contributed by atoms with E-state index in [2.05, 4.69) is 38.7 Å². The second-order valence-electron chi connectivity index (χ2n) is 11.1. The predicted octanol–water partition coefficient (Wildman–Crippen LogP) is 5.29. The highest BCUT2D eigenvalue weighted by atomic mass is 16.6. The van der Waals surface area contributed by atoms with Gasteiger partial charge in [-0.2, -0.15) is 5.26 Å². The molecule has 4 rings (SSSR count). The molecule has 1 aliphatic carbocycles. The van der Waals surface area contributed by atoms with Crippen molar-refractivity contribution in [2.45, 2.75) is 83.0 Å². The third-order valence-electron chi connectivity index (χ3n) is 6.93. The van der Waals surface area contributed by atoms with Crippen molar-refractivity contribution in [1.82, 2.24) is 10.3 Å². The molecule has 196 valence electrons. The van der Waals surface area contributed by atoms with Crippen LogP contribution >= 0.6 is 0 Å². The van der Waals surface area contributed by atoms with Crippen LogP contribution in [0.3, 0.4) is 0 Å². The van der Waals surface area contributed by atoms with Crippen molar-refractivity contribution < 1.29 is 9.53 Å². The van der Waals surface area contributed by atoms with Gasteiger partial charge in [-0.05, 0) is 94.5 Å². The Kier molecular flexibility index (Phi) is 8.83. The topological polar surface area (TPSA) is 90.3 Å². The van der Waals surface area contributed by atoms with Crippen molar-refractivity contribution in [2.75, 3.05) is 23.3 Å². The van der Waals surface area contributed by atoms with Crippen molar-refractivity contribution >= 4 is 23.6 Å². The summed E-state index contributed by atoms with van der Waals surface area (Å²) in [5.41, 5.74) is 2.29.